The number of aliphatic hydroxyl groups excluding tert-OH is 2. The van der Waals surface area contributed by atoms with Crippen molar-refractivity contribution < 1.29 is 10.2 Å². The first-order valence-corrected chi connectivity index (χ1v) is 7.68. The van der Waals surface area contributed by atoms with Gasteiger partial charge in [-0.3, -0.25) is 0 Å². The molecule has 0 aliphatic carbocycles. The molecule has 0 aliphatic heterocycles. The summed E-state index contributed by atoms with van der Waals surface area (Å²) in [5.74, 6) is 0. The first kappa shape index (κ1) is 15.7. The number of benzene rings is 2. The maximum atomic E-state index is 10.0. The molecule has 0 saturated carbocycles. The standard InChI is InChI=1S/C19H24O2/c20-18(14-16-8-3-1-4-9-16)12-7-13-19(21)15-17-10-5-2-6-11-17/h1-6,8-11,18-21H,7,12-15H2. The van der Waals surface area contributed by atoms with Gasteiger partial charge in [0, 0.05) is 0 Å². The molecule has 0 bridgehead atoms. The van der Waals surface area contributed by atoms with Gasteiger partial charge in [0.15, 0.2) is 0 Å². The highest BCUT2D eigenvalue weighted by molar-refractivity contribution is 5.16. The van der Waals surface area contributed by atoms with E-state index in [1.54, 1.807) is 0 Å². The number of rotatable bonds is 8. The van der Waals surface area contributed by atoms with Crippen molar-refractivity contribution in [2.24, 2.45) is 0 Å². The molecule has 0 fully saturated rings. The van der Waals surface area contributed by atoms with Gasteiger partial charge in [-0.2, -0.15) is 0 Å². The van der Waals surface area contributed by atoms with Gasteiger partial charge in [-0.15, -0.1) is 0 Å². The lowest BCUT2D eigenvalue weighted by molar-refractivity contribution is 0.134. The third kappa shape index (κ3) is 6.11. The van der Waals surface area contributed by atoms with Gasteiger partial charge >= 0.3 is 0 Å². The molecule has 0 saturated heterocycles. The van der Waals surface area contributed by atoms with E-state index < -0.39 is 0 Å². The fourth-order valence-corrected chi connectivity index (χ4v) is 2.57. The predicted octanol–water partition coefficient (Wildman–Crippen LogP) is 3.36. The van der Waals surface area contributed by atoms with Crippen molar-refractivity contribution in [3.05, 3.63) is 71.8 Å². The molecule has 0 aliphatic rings. The molecule has 2 N–H and O–H groups in total. The number of hydrogen-bond donors (Lipinski definition) is 2. The molecule has 0 heterocycles. The summed E-state index contributed by atoms with van der Waals surface area (Å²) in [6.45, 7) is 0. The van der Waals surface area contributed by atoms with E-state index in [2.05, 4.69) is 0 Å². The lowest BCUT2D eigenvalue weighted by Crippen LogP contribution is -2.14. The Hall–Kier alpha value is -1.64. The van der Waals surface area contributed by atoms with Gasteiger partial charge in [-0.25, -0.2) is 0 Å². The molecule has 2 nitrogen and oxygen atoms in total. The summed E-state index contributed by atoms with van der Waals surface area (Å²) in [6, 6.07) is 20.1. The van der Waals surface area contributed by atoms with Gasteiger partial charge in [-0.1, -0.05) is 60.7 Å². The minimum Gasteiger partial charge on any atom is -0.393 e. The molecule has 0 spiro atoms. The minimum absolute atomic E-state index is 0.323. The SMILES string of the molecule is OC(CCCC(O)Cc1ccccc1)Cc1ccccc1. The maximum Gasteiger partial charge on any atom is 0.0580 e. The smallest absolute Gasteiger partial charge is 0.0580 e. The van der Waals surface area contributed by atoms with E-state index in [-0.39, 0.29) is 12.2 Å². The first-order chi connectivity index (χ1) is 10.2. The van der Waals surface area contributed by atoms with Crippen LogP contribution in [0.4, 0.5) is 0 Å². The summed E-state index contributed by atoms with van der Waals surface area (Å²) in [5, 5.41) is 20.0. The zero-order chi connectivity index (χ0) is 14.9. The van der Waals surface area contributed by atoms with Crippen LogP contribution in [0.3, 0.4) is 0 Å². The zero-order valence-electron chi connectivity index (χ0n) is 12.4. The molecule has 0 aromatic heterocycles. The highest BCUT2D eigenvalue weighted by atomic mass is 16.3. The van der Waals surface area contributed by atoms with E-state index >= 15 is 0 Å². The Bertz CT molecular complexity index is 448. The molecule has 0 radical (unpaired) electrons. The summed E-state index contributed by atoms with van der Waals surface area (Å²) in [7, 11) is 0. The molecule has 2 atom stereocenters. The van der Waals surface area contributed by atoms with Crippen LogP contribution in [0.25, 0.3) is 0 Å². The highest BCUT2D eigenvalue weighted by Gasteiger charge is 2.09. The van der Waals surface area contributed by atoms with Crippen molar-refractivity contribution in [3.8, 4) is 0 Å². The third-order valence-electron chi connectivity index (χ3n) is 3.70. The van der Waals surface area contributed by atoms with Crippen molar-refractivity contribution in [2.75, 3.05) is 0 Å². The second-order valence-electron chi connectivity index (χ2n) is 5.62. The average Bonchev–Trinajstić information content (AvgIpc) is 2.49. The number of aliphatic hydroxyl groups is 2. The van der Waals surface area contributed by atoms with Crippen molar-refractivity contribution in [2.45, 2.75) is 44.3 Å². The van der Waals surface area contributed by atoms with E-state index in [0.717, 1.165) is 30.4 Å². The van der Waals surface area contributed by atoms with Crippen LogP contribution in [-0.2, 0) is 12.8 Å². The summed E-state index contributed by atoms with van der Waals surface area (Å²) in [6.07, 6.45) is 3.06. The van der Waals surface area contributed by atoms with Gasteiger partial charge in [0.05, 0.1) is 12.2 Å². The molecular formula is C19H24O2. The van der Waals surface area contributed by atoms with Crippen LogP contribution in [0.2, 0.25) is 0 Å². The van der Waals surface area contributed by atoms with Crippen LogP contribution in [0.1, 0.15) is 30.4 Å². The lowest BCUT2D eigenvalue weighted by Gasteiger charge is -2.13. The van der Waals surface area contributed by atoms with Crippen molar-refractivity contribution in [3.63, 3.8) is 0 Å². The van der Waals surface area contributed by atoms with Crippen LogP contribution >= 0.6 is 0 Å². The normalized spacial score (nSPS) is 13.8. The predicted molar refractivity (Wildman–Crippen MR) is 86.2 cm³/mol. The average molecular weight is 284 g/mol. The Kier molecular flexibility index (Phi) is 6.45. The molecule has 2 unspecified atom stereocenters. The second-order valence-corrected chi connectivity index (χ2v) is 5.62. The van der Waals surface area contributed by atoms with Crippen LogP contribution in [0.5, 0.6) is 0 Å². The molecule has 2 heteroatoms. The molecule has 2 rings (SSSR count). The Morgan fingerprint density at radius 1 is 0.619 bits per heavy atom. The van der Waals surface area contributed by atoms with E-state index in [9.17, 15) is 10.2 Å². The van der Waals surface area contributed by atoms with E-state index in [1.807, 2.05) is 60.7 Å². The van der Waals surface area contributed by atoms with Gasteiger partial charge in [0.2, 0.25) is 0 Å². The van der Waals surface area contributed by atoms with Crippen molar-refractivity contribution in [1.82, 2.24) is 0 Å². The van der Waals surface area contributed by atoms with E-state index in [4.69, 9.17) is 0 Å². The fraction of sp³-hybridized carbons (Fsp3) is 0.368. The topological polar surface area (TPSA) is 40.5 Å². The molecular weight excluding hydrogens is 260 g/mol. The Morgan fingerprint density at radius 3 is 1.38 bits per heavy atom. The molecule has 112 valence electrons. The van der Waals surface area contributed by atoms with Gasteiger partial charge < -0.3 is 10.2 Å². The monoisotopic (exact) mass is 284 g/mol. The number of hydrogen-bond acceptors (Lipinski definition) is 2. The van der Waals surface area contributed by atoms with Crippen LogP contribution in [0, 0.1) is 0 Å². The Balaban J connectivity index is 1.64. The second kappa shape index (κ2) is 8.60. The zero-order valence-corrected chi connectivity index (χ0v) is 12.4. The van der Waals surface area contributed by atoms with Crippen molar-refractivity contribution >= 4 is 0 Å². The van der Waals surface area contributed by atoms with Crippen LogP contribution in [0.15, 0.2) is 60.7 Å². The quantitative estimate of drug-likeness (QED) is 0.780. The third-order valence-corrected chi connectivity index (χ3v) is 3.70. The highest BCUT2D eigenvalue weighted by Crippen LogP contribution is 2.12. The molecule has 21 heavy (non-hydrogen) atoms. The fourth-order valence-electron chi connectivity index (χ4n) is 2.57. The first-order valence-electron chi connectivity index (χ1n) is 7.68. The van der Waals surface area contributed by atoms with Gasteiger partial charge in [0.25, 0.3) is 0 Å². The summed E-state index contributed by atoms with van der Waals surface area (Å²) in [5.41, 5.74) is 2.32. The summed E-state index contributed by atoms with van der Waals surface area (Å²) >= 11 is 0. The van der Waals surface area contributed by atoms with Crippen molar-refractivity contribution in [1.29, 1.82) is 0 Å². The Morgan fingerprint density at radius 2 is 1.00 bits per heavy atom. The lowest BCUT2D eigenvalue weighted by atomic mass is 10.00. The molecule has 2 aromatic rings. The maximum absolute atomic E-state index is 10.0. The van der Waals surface area contributed by atoms with Gasteiger partial charge in [0.1, 0.15) is 0 Å². The Labute approximate surface area is 127 Å². The molecule has 0 amide bonds. The van der Waals surface area contributed by atoms with Crippen LogP contribution < -0.4 is 0 Å². The van der Waals surface area contributed by atoms with Gasteiger partial charge in [-0.05, 0) is 43.2 Å². The van der Waals surface area contributed by atoms with E-state index in [1.165, 1.54) is 0 Å². The summed E-state index contributed by atoms with van der Waals surface area (Å²) in [4.78, 5) is 0. The van der Waals surface area contributed by atoms with Crippen LogP contribution in [-0.4, -0.2) is 22.4 Å². The largest absolute Gasteiger partial charge is 0.393 e. The summed E-state index contributed by atoms with van der Waals surface area (Å²) < 4.78 is 0. The van der Waals surface area contributed by atoms with E-state index in [0.29, 0.717) is 12.8 Å². The molecule has 2 aromatic carbocycles. The minimum atomic E-state index is -0.323.